The van der Waals surface area contributed by atoms with Gasteiger partial charge in [-0.15, -0.1) is 0 Å². The Bertz CT molecular complexity index is 906. The van der Waals surface area contributed by atoms with E-state index in [1.165, 1.54) is 12.6 Å². The fourth-order valence-corrected chi connectivity index (χ4v) is 4.11. The van der Waals surface area contributed by atoms with Crippen molar-refractivity contribution in [3.05, 3.63) is 65.7 Å². The Labute approximate surface area is 173 Å². The molecule has 1 fully saturated rings. The summed E-state index contributed by atoms with van der Waals surface area (Å²) >= 11 is 0. The van der Waals surface area contributed by atoms with Crippen LogP contribution < -0.4 is 10.0 Å². The number of aliphatic imine (C=N–C) groups is 1. The lowest BCUT2D eigenvalue weighted by Gasteiger charge is -2.36. The van der Waals surface area contributed by atoms with E-state index in [-0.39, 0.29) is 4.90 Å². The normalized spacial score (nSPS) is 16.1. The van der Waals surface area contributed by atoms with Crippen molar-refractivity contribution in [2.24, 2.45) is 4.99 Å². The van der Waals surface area contributed by atoms with Crippen molar-refractivity contribution < 1.29 is 8.42 Å². The lowest BCUT2D eigenvalue weighted by Crippen LogP contribution is -2.52. The maximum absolute atomic E-state index is 11.8. The highest BCUT2D eigenvalue weighted by Gasteiger charge is 2.19. The molecule has 156 valence electrons. The predicted molar refractivity (Wildman–Crippen MR) is 116 cm³/mol. The third-order valence-corrected chi connectivity index (χ3v) is 6.52. The molecule has 0 aliphatic carbocycles. The zero-order valence-corrected chi connectivity index (χ0v) is 17.8. The lowest BCUT2D eigenvalue weighted by molar-refractivity contribution is 0.172. The first-order chi connectivity index (χ1) is 14.0. The van der Waals surface area contributed by atoms with E-state index >= 15 is 0 Å². The fraction of sp³-hybridized carbons (Fsp3) is 0.381. The van der Waals surface area contributed by atoms with Crippen LogP contribution in [-0.4, -0.2) is 64.5 Å². The highest BCUT2D eigenvalue weighted by atomic mass is 32.2. The zero-order valence-electron chi connectivity index (χ0n) is 17.0. The number of nitrogens with one attached hydrogen (secondary N) is 2. The molecule has 0 atom stereocenters. The third-order valence-electron chi connectivity index (χ3n) is 5.09. The van der Waals surface area contributed by atoms with E-state index in [1.807, 2.05) is 18.2 Å². The van der Waals surface area contributed by atoms with Crippen LogP contribution in [-0.2, 0) is 23.1 Å². The van der Waals surface area contributed by atoms with Crippen molar-refractivity contribution in [1.29, 1.82) is 0 Å². The van der Waals surface area contributed by atoms with Crippen LogP contribution in [0.4, 0.5) is 0 Å². The molecule has 0 radical (unpaired) electrons. The van der Waals surface area contributed by atoms with Gasteiger partial charge in [0.1, 0.15) is 0 Å². The minimum Gasteiger partial charge on any atom is -0.352 e. The summed E-state index contributed by atoms with van der Waals surface area (Å²) in [7, 11) is -0.199. The SMILES string of the molecule is CN=C(NCc1ccc(S(=O)(=O)NC)cc1)N1CCN(Cc2ccccc2)CC1. The summed E-state index contributed by atoms with van der Waals surface area (Å²) in [6, 6.07) is 17.4. The molecule has 2 aromatic carbocycles. The van der Waals surface area contributed by atoms with Gasteiger partial charge in [0.2, 0.25) is 10.0 Å². The Morgan fingerprint density at radius 3 is 2.21 bits per heavy atom. The van der Waals surface area contributed by atoms with Crippen LogP contribution in [0, 0.1) is 0 Å². The number of benzene rings is 2. The molecule has 2 N–H and O–H groups in total. The maximum atomic E-state index is 11.8. The summed E-state index contributed by atoms with van der Waals surface area (Å²) < 4.78 is 26.0. The van der Waals surface area contributed by atoms with E-state index in [4.69, 9.17) is 0 Å². The van der Waals surface area contributed by atoms with E-state index < -0.39 is 10.0 Å². The van der Waals surface area contributed by atoms with E-state index in [2.05, 4.69) is 49.1 Å². The molecule has 0 saturated carbocycles. The van der Waals surface area contributed by atoms with Gasteiger partial charge >= 0.3 is 0 Å². The molecule has 0 amide bonds. The van der Waals surface area contributed by atoms with Gasteiger partial charge in [-0.05, 0) is 30.3 Å². The molecular weight excluding hydrogens is 386 g/mol. The number of hydrogen-bond acceptors (Lipinski definition) is 4. The van der Waals surface area contributed by atoms with Gasteiger partial charge in [0.25, 0.3) is 0 Å². The molecule has 0 spiro atoms. The molecule has 8 heteroatoms. The quantitative estimate of drug-likeness (QED) is 0.552. The molecular formula is C21H29N5O2S. The fourth-order valence-electron chi connectivity index (χ4n) is 3.38. The number of hydrogen-bond donors (Lipinski definition) is 2. The number of sulfonamides is 1. The Morgan fingerprint density at radius 2 is 1.62 bits per heavy atom. The molecule has 1 saturated heterocycles. The monoisotopic (exact) mass is 415 g/mol. The van der Waals surface area contributed by atoms with E-state index in [9.17, 15) is 8.42 Å². The first-order valence-corrected chi connectivity index (χ1v) is 11.2. The molecule has 7 nitrogen and oxygen atoms in total. The topological polar surface area (TPSA) is 77.0 Å². The first-order valence-electron chi connectivity index (χ1n) is 9.76. The summed E-state index contributed by atoms with van der Waals surface area (Å²) in [5, 5.41) is 3.38. The predicted octanol–water partition coefficient (Wildman–Crippen LogP) is 1.49. The third kappa shape index (κ3) is 5.79. The molecule has 29 heavy (non-hydrogen) atoms. The molecule has 0 aromatic heterocycles. The molecule has 0 unspecified atom stereocenters. The van der Waals surface area contributed by atoms with Crippen LogP contribution in [0.1, 0.15) is 11.1 Å². The van der Waals surface area contributed by atoms with Crippen LogP contribution in [0.3, 0.4) is 0 Å². The minimum atomic E-state index is -3.40. The van der Waals surface area contributed by atoms with Crippen molar-refractivity contribution in [1.82, 2.24) is 19.8 Å². The smallest absolute Gasteiger partial charge is 0.240 e. The van der Waals surface area contributed by atoms with Gasteiger partial charge in [-0.1, -0.05) is 42.5 Å². The highest BCUT2D eigenvalue weighted by Crippen LogP contribution is 2.11. The summed E-state index contributed by atoms with van der Waals surface area (Å²) in [5.41, 5.74) is 2.34. The molecule has 1 heterocycles. The standard InChI is InChI=1S/C21H29N5O2S/c1-22-21(24-16-18-8-10-20(11-9-18)29(27,28)23-2)26-14-12-25(13-15-26)17-19-6-4-3-5-7-19/h3-11,23H,12-17H2,1-2H3,(H,22,24). The molecule has 2 aromatic rings. The Hall–Kier alpha value is -2.42. The van der Waals surface area contributed by atoms with Crippen molar-refractivity contribution in [3.8, 4) is 0 Å². The molecule has 0 bridgehead atoms. The number of piperazine rings is 1. The zero-order chi connectivity index (χ0) is 20.7. The number of nitrogens with zero attached hydrogens (tertiary/aromatic N) is 3. The summed E-state index contributed by atoms with van der Waals surface area (Å²) in [6.07, 6.45) is 0. The van der Waals surface area contributed by atoms with Gasteiger partial charge in [0.15, 0.2) is 5.96 Å². The van der Waals surface area contributed by atoms with Crippen molar-refractivity contribution in [3.63, 3.8) is 0 Å². The first kappa shape index (κ1) is 21.3. The summed E-state index contributed by atoms with van der Waals surface area (Å²) in [4.78, 5) is 9.40. The number of guanidine groups is 1. The minimum absolute atomic E-state index is 0.266. The molecule has 1 aliphatic heterocycles. The Morgan fingerprint density at radius 1 is 0.966 bits per heavy atom. The number of rotatable bonds is 6. The van der Waals surface area contributed by atoms with Crippen LogP contribution in [0.5, 0.6) is 0 Å². The Kier molecular flexibility index (Phi) is 7.24. The Balaban J connectivity index is 1.50. The van der Waals surface area contributed by atoms with Gasteiger partial charge in [-0.3, -0.25) is 9.89 Å². The van der Waals surface area contributed by atoms with Crippen LogP contribution in [0.2, 0.25) is 0 Å². The largest absolute Gasteiger partial charge is 0.352 e. The van der Waals surface area contributed by atoms with E-state index in [1.54, 1.807) is 19.2 Å². The van der Waals surface area contributed by atoms with Gasteiger partial charge in [0, 0.05) is 46.3 Å². The summed E-state index contributed by atoms with van der Waals surface area (Å²) in [6.45, 7) is 5.40. The second-order valence-electron chi connectivity index (χ2n) is 7.00. The molecule has 1 aliphatic rings. The maximum Gasteiger partial charge on any atom is 0.240 e. The van der Waals surface area contributed by atoms with E-state index in [0.717, 1.165) is 44.2 Å². The highest BCUT2D eigenvalue weighted by molar-refractivity contribution is 7.89. The van der Waals surface area contributed by atoms with Crippen molar-refractivity contribution >= 4 is 16.0 Å². The van der Waals surface area contributed by atoms with Crippen molar-refractivity contribution in [2.75, 3.05) is 40.3 Å². The van der Waals surface area contributed by atoms with Crippen LogP contribution in [0.15, 0.2) is 64.5 Å². The average Bonchev–Trinajstić information content (AvgIpc) is 2.76. The lowest BCUT2D eigenvalue weighted by atomic mass is 10.2. The van der Waals surface area contributed by atoms with Gasteiger partial charge < -0.3 is 10.2 Å². The van der Waals surface area contributed by atoms with E-state index in [0.29, 0.717) is 6.54 Å². The van der Waals surface area contributed by atoms with Gasteiger partial charge in [-0.2, -0.15) is 0 Å². The van der Waals surface area contributed by atoms with Gasteiger partial charge in [0.05, 0.1) is 4.90 Å². The van der Waals surface area contributed by atoms with Gasteiger partial charge in [-0.25, -0.2) is 13.1 Å². The van der Waals surface area contributed by atoms with Crippen LogP contribution >= 0.6 is 0 Å². The second-order valence-corrected chi connectivity index (χ2v) is 8.89. The van der Waals surface area contributed by atoms with Crippen LogP contribution in [0.25, 0.3) is 0 Å². The second kappa shape index (κ2) is 9.87. The average molecular weight is 416 g/mol. The van der Waals surface area contributed by atoms with Crippen molar-refractivity contribution in [2.45, 2.75) is 18.0 Å². The summed E-state index contributed by atoms with van der Waals surface area (Å²) in [5.74, 6) is 0.872. The molecule has 3 rings (SSSR count).